The highest BCUT2D eigenvalue weighted by Gasteiger charge is 2.25. The lowest BCUT2D eigenvalue weighted by molar-refractivity contribution is 0.0592. The summed E-state index contributed by atoms with van der Waals surface area (Å²) in [7, 11) is 1.56. The van der Waals surface area contributed by atoms with E-state index in [4.69, 9.17) is 10.5 Å². The number of benzene rings is 1. The van der Waals surface area contributed by atoms with Crippen molar-refractivity contribution in [1.29, 1.82) is 0 Å². The Morgan fingerprint density at radius 1 is 1.25 bits per heavy atom. The molecular weight excluding hydrogens is 254 g/mol. The third kappa shape index (κ3) is 3.04. The molecule has 1 heterocycles. The number of anilines is 1. The van der Waals surface area contributed by atoms with Gasteiger partial charge in [-0.3, -0.25) is 9.69 Å². The number of amides is 1. The van der Waals surface area contributed by atoms with Crippen molar-refractivity contribution in [3.8, 4) is 5.75 Å². The average Bonchev–Trinajstić information content (AvgIpc) is 2.46. The van der Waals surface area contributed by atoms with E-state index in [2.05, 4.69) is 18.7 Å². The van der Waals surface area contributed by atoms with Crippen molar-refractivity contribution in [2.45, 2.75) is 19.9 Å². The molecule has 0 atom stereocenters. The molecule has 0 aromatic heterocycles. The van der Waals surface area contributed by atoms with Gasteiger partial charge in [0.1, 0.15) is 5.75 Å². The number of nitrogens with zero attached hydrogens (tertiary/aromatic N) is 2. The maximum absolute atomic E-state index is 12.6. The van der Waals surface area contributed by atoms with Gasteiger partial charge in [0.05, 0.1) is 12.7 Å². The van der Waals surface area contributed by atoms with E-state index in [0.717, 1.165) is 26.2 Å². The van der Waals surface area contributed by atoms with Crippen LogP contribution in [0.2, 0.25) is 0 Å². The minimum atomic E-state index is 0.0188. The molecule has 0 saturated carbocycles. The van der Waals surface area contributed by atoms with Gasteiger partial charge in [0.2, 0.25) is 0 Å². The minimum Gasteiger partial charge on any atom is -0.496 e. The van der Waals surface area contributed by atoms with E-state index in [0.29, 0.717) is 23.0 Å². The summed E-state index contributed by atoms with van der Waals surface area (Å²) in [4.78, 5) is 16.8. The molecule has 0 aliphatic carbocycles. The number of methoxy groups -OCH3 is 1. The average molecular weight is 277 g/mol. The molecule has 0 spiro atoms. The monoisotopic (exact) mass is 277 g/mol. The van der Waals surface area contributed by atoms with Crippen LogP contribution in [0.15, 0.2) is 18.2 Å². The zero-order chi connectivity index (χ0) is 14.7. The van der Waals surface area contributed by atoms with Gasteiger partial charge in [0.15, 0.2) is 0 Å². The second-order valence-corrected chi connectivity index (χ2v) is 5.38. The number of piperazine rings is 1. The maximum Gasteiger partial charge on any atom is 0.257 e. The number of carbonyl (C=O) groups excluding carboxylic acids is 1. The number of nitrogens with two attached hydrogens (primary N) is 1. The van der Waals surface area contributed by atoms with Crippen molar-refractivity contribution in [2.75, 3.05) is 39.0 Å². The van der Waals surface area contributed by atoms with E-state index >= 15 is 0 Å². The normalized spacial score (nSPS) is 16.5. The van der Waals surface area contributed by atoms with Gasteiger partial charge in [-0.15, -0.1) is 0 Å². The lowest BCUT2D eigenvalue weighted by Gasteiger charge is -2.37. The highest BCUT2D eigenvalue weighted by atomic mass is 16.5. The van der Waals surface area contributed by atoms with Gasteiger partial charge in [0, 0.05) is 44.0 Å². The quantitative estimate of drug-likeness (QED) is 0.849. The molecule has 5 nitrogen and oxygen atoms in total. The Bertz CT molecular complexity index is 480. The van der Waals surface area contributed by atoms with Crippen LogP contribution in [0.1, 0.15) is 24.2 Å². The lowest BCUT2D eigenvalue weighted by atomic mass is 10.1. The third-order valence-electron chi connectivity index (χ3n) is 3.79. The highest BCUT2D eigenvalue weighted by molar-refractivity contribution is 5.97. The molecule has 0 unspecified atom stereocenters. The summed E-state index contributed by atoms with van der Waals surface area (Å²) < 4.78 is 5.26. The number of nitrogen functional groups attached to an aromatic ring is 1. The zero-order valence-electron chi connectivity index (χ0n) is 12.4. The second kappa shape index (κ2) is 6.13. The summed E-state index contributed by atoms with van der Waals surface area (Å²) in [5, 5.41) is 0. The standard InChI is InChI=1S/C15H23N3O2/c1-11(2)17-6-8-18(9-7-17)15(19)13-5-4-12(16)10-14(13)20-3/h4-5,10-11H,6-9,16H2,1-3H3. The molecule has 1 saturated heterocycles. The SMILES string of the molecule is COc1cc(N)ccc1C(=O)N1CCN(C(C)C)CC1. The van der Waals surface area contributed by atoms with Crippen molar-refractivity contribution in [3.05, 3.63) is 23.8 Å². The molecular formula is C15H23N3O2. The first-order chi connectivity index (χ1) is 9.52. The van der Waals surface area contributed by atoms with Gasteiger partial charge >= 0.3 is 0 Å². The third-order valence-corrected chi connectivity index (χ3v) is 3.79. The number of carbonyl (C=O) groups is 1. The summed E-state index contributed by atoms with van der Waals surface area (Å²) in [5.74, 6) is 0.562. The molecule has 20 heavy (non-hydrogen) atoms. The Labute approximate surface area is 120 Å². The predicted molar refractivity (Wildman–Crippen MR) is 80.0 cm³/mol. The van der Waals surface area contributed by atoms with Crippen LogP contribution in [0.5, 0.6) is 5.75 Å². The van der Waals surface area contributed by atoms with E-state index in [1.807, 2.05) is 4.90 Å². The summed E-state index contributed by atoms with van der Waals surface area (Å²) in [6, 6.07) is 5.70. The fourth-order valence-electron chi connectivity index (χ4n) is 2.50. The zero-order valence-corrected chi connectivity index (χ0v) is 12.4. The molecule has 0 radical (unpaired) electrons. The highest BCUT2D eigenvalue weighted by Crippen LogP contribution is 2.23. The molecule has 0 bridgehead atoms. The van der Waals surface area contributed by atoms with Crippen LogP contribution in [0.3, 0.4) is 0 Å². The summed E-state index contributed by atoms with van der Waals surface area (Å²) in [6.45, 7) is 7.71. The van der Waals surface area contributed by atoms with Crippen LogP contribution >= 0.6 is 0 Å². The van der Waals surface area contributed by atoms with Crippen molar-refractivity contribution in [2.24, 2.45) is 0 Å². The van der Waals surface area contributed by atoms with Crippen LogP contribution in [0.25, 0.3) is 0 Å². The van der Waals surface area contributed by atoms with Crippen LogP contribution < -0.4 is 10.5 Å². The Morgan fingerprint density at radius 3 is 2.45 bits per heavy atom. The van der Waals surface area contributed by atoms with Crippen molar-refractivity contribution in [1.82, 2.24) is 9.80 Å². The van der Waals surface area contributed by atoms with E-state index in [1.165, 1.54) is 0 Å². The number of ether oxygens (including phenoxy) is 1. The Hall–Kier alpha value is -1.75. The fraction of sp³-hybridized carbons (Fsp3) is 0.533. The minimum absolute atomic E-state index is 0.0188. The fourth-order valence-corrected chi connectivity index (χ4v) is 2.50. The van der Waals surface area contributed by atoms with E-state index < -0.39 is 0 Å². The van der Waals surface area contributed by atoms with E-state index in [1.54, 1.807) is 25.3 Å². The molecule has 5 heteroatoms. The topological polar surface area (TPSA) is 58.8 Å². The first kappa shape index (κ1) is 14.7. The van der Waals surface area contributed by atoms with Crippen LogP contribution in [-0.4, -0.2) is 55.0 Å². The van der Waals surface area contributed by atoms with Crippen molar-refractivity contribution >= 4 is 11.6 Å². The number of hydrogen-bond donors (Lipinski definition) is 1. The number of hydrogen-bond acceptors (Lipinski definition) is 4. The van der Waals surface area contributed by atoms with Gasteiger partial charge in [0.25, 0.3) is 5.91 Å². The smallest absolute Gasteiger partial charge is 0.257 e. The molecule has 1 aliphatic rings. The maximum atomic E-state index is 12.6. The first-order valence-corrected chi connectivity index (χ1v) is 6.99. The van der Waals surface area contributed by atoms with E-state index in [-0.39, 0.29) is 5.91 Å². The second-order valence-electron chi connectivity index (χ2n) is 5.38. The van der Waals surface area contributed by atoms with Crippen LogP contribution in [-0.2, 0) is 0 Å². The molecule has 2 N–H and O–H groups in total. The Balaban J connectivity index is 2.09. The summed E-state index contributed by atoms with van der Waals surface area (Å²) in [6.07, 6.45) is 0. The molecule has 2 rings (SSSR count). The van der Waals surface area contributed by atoms with Crippen molar-refractivity contribution in [3.63, 3.8) is 0 Å². The van der Waals surface area contributed by atoms with Gasteiger partial charge in [-0.2, -0.15) is 0 Å². The lowest BCUT2D eigenvalue weighted by Crippen LogP contribution is -2.50. The molecule has 1 aromatic rings. The molecule has 1 fully saturated rings. The summed E-state index contributed by atoms with van der Waals surface area (Å²) in [5.41, 5.74) is 6.90. The first-order valence-electron chi connectivity index (χ1n) is 6.99. The van der Waals surface area contributed by atoms with Crippen molar-refractivity contribution < 1.29 is 9.53 Å². The van der Waals surface area contributed by atoms with Gasteiger partial charge in [-0.05, 0) is 26.0 Å². The van der Waals surface area contributed by atoms with E-state index in [9.17, 15) is 4.79 Å². The predicted octanol–water partition coefficient (Wildman–Crippen LogP) is 1.44. The molecule has 1 aromatic carbocycles. The molecule has 1 amide bonds. The van der Waals surface area contributed by atoms with Gasteiger partial charge < -0.3 is 15.4 Å². The van der Waals surface area contributed by atoms with Crippen LogP contribution in [0, 0.1) is 0 Å². The molecule has 1 aliphatic heterocycles. The molecule has 110 valence electrons. The Kier molecular flexibility index (Phi) is 4.49. The van der Waals surface area contributed by atoms with Gasteiger partial charge in [-0.1, -0.05) is 0 Å². The Morgan fingerprint density at radius 2 is 1.90 bits per heavy atom. The number of rotatable bonds is 3. The van der Waals surface area contributed by atoms with Crippen LogP contribution in [0.4, 0.5) is 5.69 Å². The largest absolute Gasteiger partial charge is 0.496 e. The summed E-state index contributed by atoms with van der Waals surface area (Å²) >= 11 is 0. The van der Waals surface area contributed by atoms with Gasteiger partial charge in [-0.25, -0.2) is 0 Å².